The smallest absolute Gasteiger partial charge is 0.355 e. The fourth-order valence-corrected chi connectivity index (χ4v) is 3.94. The van der Waals surface area contributed by atoms with E-state index < -0.39 is 0 Å². The van der Waals surface area contributed by atoms with Crippen LogP contribution in [0.4, 0.5) is 23.0 Å². The fourth-order valence-electron chi connectivity index (χ4n) is 3.94. The molecular weight excluding hydrogens is 436 g/mol. The zero-order valence-corrected chi connectivity index (χ0v) is 22.0. The van der Waals surface area contributed by atoms with Crippen LogP contribution in [0.2, 0.25) is 0 Å². The molecule has 0 saturated carbocycles. The molecule has 2 heterocycles. The Morgan fingerprint density at radius 2 is 1.49 bits per heavy atom. The van der Waals surface area contributed by atoms with Crippen LogP contribution >= 0.6 is 0 Å². The molecule has 1 aromatic heterocycles. The number of anilines is 4. The van der Waals surface area contributed by atoms with Crippen molar-refractivity contribution >= 4 is 23.0 Å². The third kappa shape index (κ3) is 9.66. The number of aromatic nitrogens is 2. The molecule has 2 aromatic rings. The number of benzene rings is 1. The molecule has 0 fully saturated rings. The maximum atomic E-state index is 6.03. The van der Waals surface area contributed by atoms with Gasteiger partial charge in [0.1, 0.15) is 0 Å². The minimum Gasteiger partial charge on any atom is -0.399 e. The van der Waals surface area contributed by atoms with E-state index in [1.807, 2.05) is 50.5 Å². The van der Waals surface area contributed by atoms with Crippen molar-refractivity contribution in [3.63, 3.8) is 0 Å². The van der Waals surface area contributed by atoms with Crippen molar-refractivity contribution < 1.29 is 4.57 Å². The highest BCUT2D eigenvalue weighted by atomic mass is 15.3. The molecule has 8 N–H and O–H groups in total. The summed E-state index contributed by atoms with van der Waals surface area (Å²) in [6, 6.07) is 6.07. The van der Waals surface area contributed by atoms with Gasteiger partial charge in [0.05, 0.1) is 36.9 Å². The van der Waals surface area contributed by atoms with Crippen LogP contribution in [0.1, 0.15) is 39.5 Å². The van der Waals surface area contributed by atoms with Crippen molar-refractivity contribution in [3.05, 3.63) is 55.9 Å². The summed E-state index contributed by atoms with van der Waals surface area (Å²) in [5.74, 6) is 0.828. The van der Waals surface area contributed by atoms with Crippen molar-refractivity contribution in [2.24, 2.45) is 11.5 Å². The molecule has 35 heavy (non-hydrogen) atoms. The van der Waals surface area contributed by atoms with E-state index >= 15 is 0 Å². The number of nitrogen functional groups attached to an aromatic ring is 2. The Hall–Kier alpha value is -2.97. The molecule has 8 heteroatoms. The Kier molecular flexibility index (Phi) is 15.0. The maximum Gasteiger partial charge on any atom is 0.355 e. The average molecular weight is 486 g/mol. The first-order chi connectivity index (χ1) is 17.0. The molecule has 0 amide bonds. The van der Waals surface area contributed by atoms with E-state index in [4.69, 9.17) is 22.9 Å². The summed E-state index contributed by atoms with van der Waals surface area (Å²) < 4.78 is 4.16. The highest BCUT2D eigenvalue weighted by Crippen LogP contribution is 2.34. The number of unbranched alkanes of at least 4 members (excludes halogenated alkanes) is 2. The molecule has 0 aliphatic carbocycles. The SMILES string of the molecule is C=CCN1CCN(CC=C)c2cc(N)ccc21.CC.NCCCCn1cc[n+](CCCCN)c1N. The Balaban J connectivity index is 0.000000328. The summed E-state index contributed by atoms with van der Waals surface area (Å²) in [7, 11) is 0. The zero-order valence-electron chi connectivity index (χ0n) is 22.0. The molecule has 0 unspecified atom stereocenters. The van der Waals surface area contributed by atoms with Gasteiger partial charge in [0, 0.05) is 31.9 Å². The van der Waals surface area contributed by atoms with Gasteiger partial charge < -0.3 is 27.0 Å². The van der Waals surface area contributed by atoms with Gasteiger partial charge in [-0.2, -0.15) is 0 Å². The molecule has 0 atom stereocenters. The molecule has 0 radical (unpaired) electrons. The number of aryl methyl sites for hydroxylation is 2. The molecule has 196 valence electrons. The maximum absolute atomic E-state index is 6.03. The minimum atomic E-state index is 0.748. The number of hydrogen-bond donors (Lipinski definition) is 4. The molecule has 8 nitrogen and oxygen atoms in total. The normalized spacial score (nSPS) is 12.1. The topological polar surface area (TPSA) is 119 Å². The van der Waals surface area contributed by atoms with Gasteiger partial charge in [-0.05, 0) is 57.0 Å². The van der Waals surface area contributed by atoms with Crippen LogP contribution in [-0.2, 0) is 13.1 Å². The molecule has 1 aliphatic heterocycles. The predicted molar refractivity (Wildman–Crippen MR) is 153 cm³/mol. The summed E-state index contributed by atoms with van der Waals surface area (Å²) >= 11 is 0. The Morgan fingerprint density at radius 3 is 2.09 bits per heavy atom. The first-order valence-corrected chi connectivity index (χ1v) is 12.9. The largest absolute Gasteiger partial charge is 0.399 e. The van der Waals surface area contributed by atoms with E-state index in [1.165, 1.54) is 11.4 Å². The summed E-state index contributed by atoms with van der Waals surface area (Å²) in [5, 5.41) is 0. The third-order valence-electron chi connectivity index (χ3n) is 5.74. The highest BCUT2D eigenvalue weighted by Gasteiger charge is 2.21. The first-order valence-electron chi connectivity index (χ1n) is 12.9. The number of fused-ring (bicyclic) bond motifs is 1. The van der Waals surface area contributed by atoms with Crippen LogP contribution in [0.15, 0.2) is 55.9 Å². The predicted octanol–water partition coefficient (Wildman–Crippen LogP) is 3.13. The lowest BCUT2D eigenvalue weighted by Gasteiger charge is -2.38. The number of rotatable bonds is 12. The monoisotopic (exact) mass is 485 g/mol. The second-order valence-corrected chi connectivity index (χ2v) is 8.25. The lowest BCUT2D eigenvalue weighted by atomic mass is 10.1. The van der Waals surface area contributed by atoms with Crippen LogP contribution in [0.3, 0.4) is 0 Å². The quantitative estimate of drug-likeness (QED) is 0.159. The molecule has 1 aromatic carbocycles. The average Bonchev–Trinajstić information content (AvgIpc) is 3.22. The fraction of sp³-hybridized carbons (Fsp3) is 0.519. The van der Waals surface area contributed by atoms with Crippen molar-refractivity contribution in [1.82, 2.24) is 4.57 Å². The lowest BCUT2D eigenvalue weighted by molar-refractivity contribution is -0.682. The molecule has 0 saturated heterocycles. The van der Waals surface area contributed by atoms with Crippen molar-refractivity contribution in [1.29, 1.82) is 0 Å². The van der Waals surface area contributed by atoms with Crippen LogP contribution in [0.25, 0.3) is 0 Å². The molecular formula is C27H49N8+. The van der Waals surface area contributed by atoms with Gasteiger partial charge in [-0.25, -0.2) is 9.13 Å². The summed E-state index contributed by atoms with van der Waals surface area (Å²) in [6.07, 6.45) is 12.2. The van der Waals surface area contributed by atoms with Gasteiger partial charge >= 0.3 is 5.95 Å². The number of imidazole rings is 1. The zero-order chi connectivity index (χ0) is 26.1. The van der Waals surface area contributed by atoms with Gasteiger partial charge in [0.2, 0.25) is 0 Å². The second kappa shape index (κ2) is 17.5. The number of hydrogen-bond acceptors (Lipinski definition) is 6. The second-order valence-electron chi connectivity index (χ2n) is 8.25. The van der Waals surface area contributed by atoms with Crippen molar-refractivity contribution in [3.8, 4) is 0 Å². The summed E-state index contributed by atoms with van der Waals surface area (Å²) in [4.78, 5) is 4.62. The molecule has 0 spiro atoms. The number of nitrogens with zero attached hydrogens (tertiary/aromatic N) is 4. The molecule has 0 bridgehead atoms. The van der Waals surface area contributed by atoms with Crippen molar-refractivity contribution in [2.45, 2.75) is 52.6 Å². The van der Waals surface area contributed by atoms with Gasteiger partial charge in [-0.15, -0.1) is 13.2 Å². The van der Waals surface area contributed by atoms with Crippen molar-refractivity contribution in [2.75, 3.05) is 60.5 Å². The van der Waals surface area contributed by atoms with Gasteiger partial charge in [-0.1, -0.05) is 26.0 Å². The Morgan fingerprint density at radius 1 is 0.886 bits per heavy atom. The molecule has 3 rings (SSSR count). The standard InChI is InChI=1S/C14H19N3.C11H23N5.C2H6/c1-3-7-16-9-10-17(8-4-2)14-11-12(15)5-6-13(14)16;12-5-1-3-7-15-9-10-16(11(15)14)8-4-2-6-13;1-2/h3-6,11H,1-2,7-10,15H2;9-10,14H,1-8,12-13H2;1-2H3/p+1. The summed E-state index contributed by atoms with van der Waals surface area (Å²) in [6.45, 7) is 18.7. The number of nitrogens with two attached hydrogens (primary N) is 4. The van der Waals surface area contributed by atoms with Gasteiger partial charge in [0.25, 0.3) is 0 Å². The van der Waals surface area contributed by atoms with E-state index in [-0.39, 0.29) is 0 Å². The third-order valence-corrected chi connectivity index (χ3v) is 5.74. The van der Waals surface area contributed by atoms with E-state index in [2.05, 4.69) is 38.2 Å². The van der Waals surface area contributed by atoms with E-state index in [1.54, 1.807) is 0 Å². The van der Waals surface area contributed by atoms with Crippen LogP contribution < -0.4 is 37.3 Å². The van der Waals surface area contributed by atoms with Crippen LogP contribution in [-0.4, -0.2) is 43.8 Å². The minimum absolute atomic E-state index is 0.748. The van der Waals surface area contributed by atoms with Gasteiger partial charge in [-0.3, -0.25) is 5.73 Å². The van der Waals surface area contributed by atoms with E-state index in [0.717, 1.165) is 89.7 Å². The van der Waals surface area contributed by atoms with Crippen LogP contribution in [0, 0.1) is 0 Å². The summed E-state index contributed by atoms with van der Waals surface area (Å²) in [5.41, 5.74) is 26.0. The Bertz CT molecular complexity index is 833. The lowest BCUT2D eigenvalue weighted by Crippen LogP contribution is -2.41. The van der Waals surface area contributed by atoms with Gasteiger partial charge in [0.15, 0.2) is 0 Å². The molecule has 1 aliphatic rings. The Labute approximate surface area is 212 Å². The van der Waals surface area contributed by atoms with Crippen LogP contribution in [0.5, 0.6) is 0 Å². The van der Waals surface area contributed by atoms with E-state index in [0.29, 0.717) is 0 Å². The van der Waals surface area contributed by atoms with E-state index in [9.17, 15) is 0 Å². The highest BCUT2D eigenvalue weighted by molar-refractivity contribution is 5.77. The first kappa shape index (κ1) is 30.1.